The Balaban J connectivity index is 1.72. The van der Waals surface area contributed by atoms with Gasteiger partial charge in [-0.25, -0.2) is 0 Å². The molecule has 3 rings (SSSR count). The molecule has 2 N–H and O–H groups in total. The summed E-state index contributed by atoms with van der Waals surface area (Å²) in [5, 5.41) is 15.3. The van der Waals surface area contributed by atoms with E-state index in [1.165, 1.54) is 5.56 Å². The largest absolute Gasteiger partial charge is 0.384 e. The Kier molecular flexibility index (Phi) is 3.12. The molecular formula is C15H17N3O. The number of hydrogen-bond acceptors (Lipinski definition) is 3. The minimum Gasteiger partial charge on any atom is -0.384 e. The Hall–Kier alpha value is -2.02. The lowest BCUT2D eigenvalue weighted by Crippen LogP contribution is -2.36. The molecule has 1 heterocycles. The molecule has 0 aromatic heterocycles. The van der Waals surface area contributed by atoms with Crippen LogP contribution in [0.5, 0.6) is 0 Å². The zero-order valence-electron chi connectivity index (χ0n) is 10.8. The smallest absolute Gasteiger partial charge is 0.251 e. The summed E-state index contributed by atoms with van der Waals surface area (Å²) in [4.78, 5) is 12.2. The molecule has 98 valence electrons. The molecular weight excluding hydrogens is 238 g/mol. The summed E-state index contributed by atoms with van der Waals surface area (Å²) in [6.07, 6.45) is 3.81. The van der Waals surface area contributed by atoms with Crippen LogP contribution >= 0.6 is 0 Å². The van der Waals surface area contributed by atoms with Crippen molar-refractivity contribution < 1.29 is 4.79 Å². The minimum atomic E-state index is -0.0538. The number of fused-ring (bicyclic) bond motifs is 1. The van der Waals surface area contributed by atoms with Crippen LogP contribution in [0.2, 0.25) is 0 Å². The lowest BCUT2D eigenvalue weighted by molar-refractivity contribution is 0.0933. The molecule has 1 aromatic rings. The van der Waals surface area contributed by atoms with Gasteiger partial charge in [-0.1, -0.05) is 0 Å². The average Bonchev–Trinajstić information content (AvgIpc) is 3.05. The van der Waals surface area contributed by atoms with E-state index in [0.717, 1.165) is 37.9 Å². The third-order valence-corrected chi connectivity index (χ3v) is 4.08. The van der Waals surface area contributed by atoms with E-state index in [-0.39, 0.29) is 17.9 Å². The van der Waals surface area contributed by atoms with Crippen molar-refractivity contribution in [1.82, 2.24) is 5.32 Å². The Labute approximate surface area is 112 Å². The van der Waals surface area contributed by atoms with Gasteiger partial charge in [-0.3, -0.25) is 4.79 Å². The summed E-state index contributed by atoms with van der Waals surface area (Å²) in [7, 11) is 0. The van der Waals surface area contributed by atoms with Gasteiger partial charge in [0.05, 0.1) is 12.0 Å². The number of amides is 1. The van der Waals surface area contributed by atoms with Crippen LogP contribution in [-0.2, 0) is 6.42 Å². The molecule has 2 unspecified atom stereocenters. The van der Waals surface area contributed by atoms with Crippen molar-refractivity contribution in [1.29, 1.82) is 5.26 Å². The first-order chi connectivity index (χ1) is 9.28. The second kappa shape index (κ2) is 4.93. The number of nitriles is 1. The van der Waals surface area contributed by atoms with Gasteiger partial charge < -0.3 is 10.6 Å². The lowest BCUT2D eigenvalue weighted by Gasteiger charge is -2.15. The van der Waals surface area contributed by atoms with Crippen molar-refractivity contribution in [3.8, 4) is 6.07 Å². The Morgan fingerprint density at radius 1 is 1.42 bits per heavy atom. The standard InChI is InChI=1S/C15H17N3O/c16-9-12-2-1-3-14(12)18-15(19)11-4-5-13-10(8-11)6-7-17-13/h4-5,8,12,14,17H,1-3,6-7H2,(H,18,19). The minimum absolute atomic E-state index is 0.0175. The van der Waals surface area contributed by atoms with E-state index in [0.29, 0.717) is 5.56 Å². The summed E-state index contributed by atoms with van der Waals surface area (Å²) in [5.41, 5.74) is 3.04. The van der Waals surface area contributed by atoms with Crippen LogP contribution < -0.4 is 10.6 Å². The summed E-state index contributed by atoms with van der Waals surface area (Å²) in [6, 6.07) is 8.08. The van der Waals surface area contributed by atoms with E-state index >= 15 is 0 Å². The molecule has 2 aliphatic rings. The molecule has 1 aromatic carbocycles. The molecule has 19 heavy (non-hydrogen) atoms. The summed E-state index contributed by atoms with van der Waals surface area (Å²) < 4.78 is 0. The highest BCUT2D eigenvalue weighted by Gasteiger charge is 2.28. The van der Waals surface area contributed by atoms with Gasteiger partial charge in [0.1, 0.15) is 0 Å². The van der Waals surface area contributed by atoms with Crippen molar-refractivity contribution in [2.45, 2.75) is 31.7 Å². The van der Waals surface area contributed by atoms with Gasteiger partial charge in [-0.15, -0.1) is 0 Å². The van der Waals surface area contributed by atoms with Gasteiger partial charge in [-0.2, -0.15) is 5.26 Å². The summed E-state index contributed by atoms with van der Waals surface area (Å²) in [6.45, 7) is 0.944. The molecule has 4 nitrogen and oxygen atoms in total. The number of nitrogens with zero attached hydrogens (tertiary/aromatic N) is 1. The van der Waals surface area contributed by atoms with E-state index in [2.05, 4.69) is 16.7 Å². The van der Waals surface area contributed by atoms with Gasteiger partial charge in [-0.05, 0) is 49.4 Å². The highest BCUT2D eigenvalue weighted by Crippen LogP contribution is 2.26. The number of rotatable bonds is 2. The van der Waals surface area contributed by atoms with E-state index in [4.69, 9.17) is 5.26 Å². The average molecular weight is 255 g/mol. The van der Waals surface area contributed by atoms with Gasteiger partial charge in [0.25, 0.3) is 5.91 Å². The summed E-state index contributed by atoms with van der Waals surface area (Å²) >= 11 is 0. The van der Waals surface area contributed by atoms with E-state index in [9.17, 15) is 4.79 Å². The quantitative estimate of drug-likeness (QED) is 0.850. The third kappa shape index (κ3) is 2.28. The van der Waals surface area contributed by atoms with Crippen molar-refractivity contribution >= 4 is 11.6 Å². The van der Waals surface area contributed by atoms with E-state index < -0.39 is 0 Å². The second-order valence-electron chi connectivity index (χ2n) is 5.30. The highest BCUT2D eigenvalue weighted by atomic mass is 16.1. The first-order valence-electron chi connectivity index (χ1n) is 6.85. The molecule has 0 saturated heterocycles. The fourth-order valence-corrected chi connectivity index (χ4v) is 2.99. The molecule has 4 heteroatoms. The fraction of sp³-hybridized carbons (Fsp3) is 0.467. The maximum atomic E-state index is 12.2. The van der Waals surface area contributed by atoms with Gasteiger partial charge >= 0.3 is 0 Å². The summed E-state index contributed by atoms with van der Waals surface area (Å²) in [5.74, 6) is -0.0816. The maximum Gasteiger partial charge on any atom is 0.251 e. The van der Waals surface area contributed by atoms with E-state index in [1.54, 1.807) is 0 Å². The zero-order valence-corrected chi connectivity index (χ0v) is 10.8. The Bertz CT molecular complexity index is 547. The molecule has 0 bridgehead atoms. The van der Waals surface area contributed by atoms with Gasteiger partial charge in [0, 0.05) is 23.8 Å². The second-order valence-corrected chi connectivity index (χ2v) is 5.30. The van der Waals surface area contributed by atoms with Crippen molar-refractivity contribution in [2.24, 2.45) is 5.92 Å². The van der Waals surface area contributed by atoms with Crippen LogP contribution in [0.3, 0.4) is 0 Å². The molecule has 0 radical (unpaired) electrons. The molecule has 0 spiro atoms. The number of hydrogen-bond donors (Lipinski definition) is 2. The Morgan fingerprint density at radius 3 is 3.16 bits per heavy atom. The topological polar surface area (TPSA) is 64.9 Å². The van der Waals surface area contributed by atoms with Gasteiger partial charge in [0.2, 0.25) is 0 Å². The fourth-order valence-electron chi connectivity index (χ4n) is 2.99. The monoisotopic (exact) mass is 255 g/mol. The zero-order chi connectivity index (χ0) is 13.2. The number of carbonyl (C=O) groups is 1. The highest BCUT2D eigenvalue weighted by molar-refractivity contribution is 5.95. The molecule has 2 atom stereocenters. The molecule has 1 aliphatic heterocycles. The predicted molar refractivity (Wildman–Crippen MR) is 72.8 cm³/mol. The van der Waals surface area contributed by atoms with Crippen LogP contribution in [0.1, 0.15) is 35.2 Å². The first kappa shape index (κ1) is 12.0. The van der Waals surface area contributed by atoms with Crippen molar-refractivity contribution in [3.05, 3.63) is 29.3 Å². The van der Waals surface area contributed by atoms with Crippen LogP contribution in [0.25, 0.3) is 0 Å². The molecule has 1 saturated carbocycles. The van der Waals surface area contributed by atoms with Crippen LogP contribution in [-0.4, -0.2) is 18.5 Å². The number of nitrogens with one attached hydrogen (secondary N) is 2. The van der Waals surface area contributed by atoms with Crippen LogP contribution in [0, 0.1) is 17.2 Å². The number of benzene rings is 1. The maximum absolute atomic E-state index is 12.2. The lowest BCUT2D eigenvalue weighted by atomic mass is 10.0. The van der Waals surface area contributed by atoms with Crippen LogP contribution in [0.4, 0.5) is 5.69 Å². The van der Waals surface area contributed by atoms with Crippen molar-refractivity contribution in [3.63, 3.8) is 0 Å². The third-order valence-electron chi connectivity index (χ3n) is 4.08. The van der Waals surface area contributed by atoms with E-state index in [1.807, 2.05) is 18.2 Å². The van der Waals surface area contributed by atoms with Crippen molar-refractivity contribution in [2.75, 3.05) is 11.9 Å². The van der Waals surface area contributed by atoms with Gasteiger partial charge in [0.15, 0.2) is 0 Å². The number of anilines is 1. The number of carbonyl (C=O) groups excluding carboxylic acids is 1. The molecule has 1 aliphatic carbocycles. The molecule has 1 fully saturated rings. The predicted octanol–water partition coefficient (Wildman–Crippen LogP) is 2.08. The molecule has 1 amide bonds. The van der Waals surface area contributed by atoms with Crippen LogP contribution in [0.15, 0.2) is 18.2 Å². The first-order valence-corrected chi connectivity index (χ1v) is 6.85. The SMILES string of the molecule is N#CC1CCCC1NC(=O)c1ccc2c(c1)CCN2. The Morgan fingerprint density at radius 2 is 2.32 bits per heavy atom. The normalized spacial score (nSPS) is 24.4.